The fourth-order valence-corrected chi connectivity index (χ4v) is 3.67. The molecule has 1 aliphatic rings. The van der Waals surface area contributed by atoms with Crippen LogP contribution < -0.4 is 10.2 Å². The second-order valence-corrected chi connectivity index (χ2v) is 7.35. The van der Waals surface area contributed by atoms with Gasteiger partial charge in [-0.3, -0.25) is 0 Å². The topological polar surface area (TPSA) is 70.6 Å². The molecule has 1 aromatic carbocycles. The van der Waals surface area contributed by atoms with E-state index in [1.54, 1.807) is 4.90 Å². The zero-order valence-electron chi connectivity index (χ0n) is 17.8. The third-order valence-electron chi connectivity index (χ3n) is 5.10. The summed E-state index contributed by atoms with van der Waals surface area (Å²) in [5.74, 6) is 2.45. The van der Waals surface area contributed by atoms with Gasteiger partial charge in [0.05, 0.1) is 6.61 Å². The normalized spacial score (nSPS) is 14.6. The molecule has 2 aromatic rings. The molecule has 0 radical (unpaired) electrons. The van der Waals surface area contributed by atoms with Gasteiger partial charge >= 0.3 is 6.09 Å². The van der Waals surface area contributed by atoms with Crippen LogP contribution in [0.2, 0.25) is 0 Å². The van der Waals surface area contributed by atoms with Gasteiger partial charge in [-0.05, 0) is 58.2 Å². The molecular weight excluding hydrogens is 366 g/mol. The Labute approximate surface area is 173 Å². The number of benzene rings is 1. The van der Waals surface area contributed by atoms with Crippen molar-refractivity contribution in [2.24, 2.45) is 0 Å². The number of hydrogen-bond acceptors (Lipinski definition) is 6. The average molecular weight is 398 g/mol. The highest BCUT2D eigenvalue weighted by Crippen LogP contribution is 2.26. The highest BCUT2D eigenvalue weighted by atomic mass is 16.6. The number of carbonyl (C=O) groups is 1. The number of piperidine rings is 1. The van der Waals surface area contributed by atoms with Crippen molar-refractivity contribution in [3.8, 4) is 0 Å². The van der Waals surface area contributed by atoms with Crippen molar-refractivity contribution in [3.63, 3.8) is 0 Å². The van der Waals surface area contributed by atoms with E-state index in [-0.39, 0.29) is 12.1 Å². The number of carbonyl (C=O) groups excluding carboxylic acids is 1. The molecule has 7 heteroatoms. The maximum atomic E-state index is 11.9. The lowest BCUT2D eigenvalue weighted by Gasteiger charge is -2.32. The van der Waals surface area contributed by atoms with Crippen LogP contribution in [-0.4, -0.2) is 53.2 Å². The summed E-state index contributed by atoms with van der Waals surface area (Å²) in [6.07, 6.45) is 1.52. The number of aromatic nitrogens is 2. The second kappa shape index (κ2) is 9.58. The molecule has 1 N–H and O–H groups in total. The molecule has 0 aliphatic carbocycles. The Morgan fingerprint density at radius 3 is 2.62 bits per heavy atom. The summed E-state index contributed by atoms with van der Waals surface area (Å²) in [4.78, 5) is 25.1. The Morgan fingerprint density at radius 1 is 1.21 bits per heavy atom. The third kappa shape index (κ3) is 5.37. The number of rotatable bonds is 6. The molecule has 0 saturated carbocycles. The van der Waals surface area contributed by atoms with Gasteiger partial charge in [-0.15, -0.1) is 0 Å². The van der Waals surface area contributed by atoms with Gasteiger partial charge in [0.25, 0.3) is 0 Å². The van der Waals surface area contributed by atoms with E-state index in [1.165, 1.54) is 5.56 Å². The molecule has 0 bridgehead atoms. The molecule has 1 saturated heterocycles. The standard InChI is InChI=1S/C22H31N5O2/c1-5-27(19-9-7-8-16(3)14-19)21-15-20(23-17(4)24-21)25-18-10-12-26(13-11-18)22(28)29-6-2/h7-9,14-15,18H,5-6,10-13H2,1-4H3,(H,23,24,25). The zero-order valence-corrected chi connectivity index (χ0v) is 17.8. The summed E-state index contributed by atoms with van der Waals surface area (Å²) < 4.78 is 5.10. The molecule has 2 heterocycles. The largest absolute Gasteiger partial charge is 0.450 e. The van der Waals surface area contributed by atoms with Gasteiger partial charge in [0, 0.05) is 37.4 Å². The molecule has 3 rings (SSSR count). The number of nitrogens with one attached hydrogen (secondary N) is 1. The van der Waals surface area contributed by atoms with Crippen LogP contribution in [0.5, 0.6) is 0 Å². The lowest BCUT2D eigenvalue weighted by Crippen LogP contribution is -2.42. The molecule has 0 unspecified atom stereocenters. The Morgan fingerprint density at radius 2 is 1.97 bits per heavy atom. The molecular formula is C22H31N5O2. The molecule has 7 nitrogen and oxygen atoms in total. The van der Waals surface area contributed by atoms with Gasteiger partial charge < -0.3 is 19.9 Å². The van der Waals surface area contributed by atoms with Crippen molar-refractivity contribution in [1.82, 2.24) is 14.9 Å². The third-order valence-corrected chi connectivity index (χ3v) is 5.10. The summed E-state index contributed by atoms with van der Waals surface area (Å²) in [5.41, 5.74) is 2.35. The predicted octanol–water partition coefficient (Wildman–Crippen LogP) is 4.28. The van der Waals surface area contributed by atoms with Gasteiger partial charge in [0.15, 0.2) is 0 Å². The first kappa shape index (κ1) is 20.9. The minimum absolute atomic E-state index is 0.220. The van der Waals surface area contributed by atoms with E-state index < -0.39 is 0 Å². The number of ether oxygens (including phenoxy) is 1. The van der Waals surface area contributed by atoms with Gasteiger partial charge in [-0.1, -0.05) is 12.1 Å². The lowest BCUT2D eigenvalue weighted by atomic mass is 10.1. The summed E-state index contributed by atoms with van der Waals surface area (Å²) in [5, 5.41) is 3.54. The van der Waals surface area contributed by atoms with Crippen LogP contribution in [-0.2, 0) is 4.74 Å². The molecule has 0 spiro atoms. The van der Waals surface area contributed by atoms with Gasteiger partial charge in [0.2, 0.25) is 0 Å². The van der Waals surface area contributed by atoms with Gasteiger partial charge in [-0.2, -0.15) is 0 Å². The zero-order chi connectivity index (χ0) is 20.8. The number of hydrogen-bond donors (Lipinski definition) is 1. The van der Waals surface area contributed by atoms with E-state index in [4.69, 9.17) is 4.74 Å². The fourth-order valence-electron chi connectivity index (χ4n) is 3.67. The molecule has 1 fully saturated rings. The van der Waals surface area contributed by atoms with Crippen LogP contribution >= 0.6 is 0 Å². The van der Waals surface area contributed by atoms with Crippen molar-refractivity contribution in [3.05, 3.63) is 41.7 Å². The Bertz CT molecular complexity index is 834. The SMILES string of the molecule is CCOC(=O)N1CCC(Nc2cc(N(CC)c3cccc(C)c3)nc(C)n2)CC1. The first-order chi connectivity index (χ1) is 14.0. The van der Waals surface area contributed by atoms with Crippen LogP contribution in [0.3, 0.4) is 0 Å². The number of anilines is 3. The second-order valence-electron chi connectivity index (χ2n) is 7.35. The summed E-state index contributed by atoms with van der Waals surface area (Å²) in [6, 6.07) is 10.7. The predicted molar refractivity (Wildman–Crippen MR) is 116 cm³/mol. The number of likely N-dealkylation sites (tertiary alicyclic amines) is 1. The van der Waals surface area contributed by atoms with Gasteiger partial charge in [0.1, 0.15) is 17.5 Å². The molecule has 1 aliphatic heterocycles. The van der Waals surface area contributed by atoms with E-state index in [1.807, 2.05) is 19.9 Å². The first-order valence-electron chi connectivity index (χ1n) is 10.4. The first-order valence-corrected chi connectivity index (χ1v) is 10.4. The van der Waals surface area contributed by atoms with Crippen LogP contribution in [0.4, 0.5) is 22.1 Å². The summed E-state index contributed by atoms with van der Waals surface area (Å²) >= 11 is 0. The van der Waals surface area contributed by atoms with Crippen molar-refractivity contribution in [2.75, 3.05) is 36.5 Å². The van der Waals surface area contributed by atoms with Crippen molar-refractivity contribution < 1.29 is 9.53 Å². The van der Waals surface area contributed by atoms with Crippen molar-refractivity contribution >= 4 is 23.4 Å². The fraction of sp³-hybridized carbons (Fsp3) is 0.500. The minimum Gasteiger partial charge on any atom is -0.450 e. The van der Waals surface area contributed by atoms with Crippen LogP contribution in [0.1, 0.15) is 38.1 Å². The molecule has 1 amide bonds. The minimum atomic E-state index is -0.220. The Hall–Kier alpha value is -2.83. The van der Waals surface area contributed by atoms with Crippen LogP contribution in [0.25, 0.3) is 0 Å². The molecule has 0 atom stereocenters. The van der Waals surface area contributed by atoms with E-state index in [9.17, 15) is 4.79 Å². The number of nitrogens with zero attached hydrogens (tertiary/aromatic N) is 4. The monoisotopic (exact) mass is 397 g/mol. The highest BCUT2D eigenvalue weighted by molar-refractivity contribution is 5.67. The molecule has 1 aromatic heterocycles. The van der Waals surface area contributed by atoms with Crippen LogP contribution in [0, 0.1) is 13.8 Å². The van der Waals surface area contributed by atoms with Gasteiger partial charge in [-0.25, -0.2) is 14.8 Å². The van der Waals surface area contributed by atoms with Crippen molar-refractivity contribution in [1.29, 1.82) is 0 Å². The maximum Gasteiger partial charge on any atom is 0.409 e. The van der Waals surface area contributed by atoms with E-state index >= 15 is 0 Å². The van der Waals surface area contributed by atoms with E-state index in [0.717, 1.165) is 42.5 Å². The van der Waals surface area contributed by atoms with Crippen LogP contribution in [0.15, 0.2) is 30.3 Å². The summed E-state index contributed by atoms with van der Waals surface area (Å²) in [6.45, 7) is 10.6. The molecule has 156 valence electrons. The maximum absolute atomic E-state index is 11.9. The Kier molecular flexibility index (Phi) is 6.90. The smallest absolute Gasteiger partial charge is 0.409 e. The Balaban J connectivity index is 1.70. The summed E-state index contributed by atoms with van der Waals surface area (Å²) in [7, 11) is 0. The van der Waals surface area contributed by atoms with E-state index in [2.05, 4.69) is 58.3 Å². The number of amides is 1. The van der Waals surface area contributed by atoms with Crippen molar-refractivity contribution in [2.45, 2.75) is 46.6 Å². The number of aryl methyl sites for hydroxylation is 2. The average Bonchev–Trinajstić information content (AvgIpc) is 2.69. The molecule has 29 heavy (non-hydrogen) atoms. The quantitative estimate of drug-likeness (QED) is 0.784. The lowest BCUT2D eigenvalue weighted by molar-refractivity contribution is 0.0983. The van der Waals surface area contributed by atoms with E-state index in [0.29, 0.717) is 19.7 Å². The highest BCUT2D eigenvalue weighted by Gasteiger charge is 2.24.